The van der Waals surface area contributed by atoms with Crippen LogP contribution in [0, 0.1) is 5.92 Å². The van der Waals surface area contributed by atoms with Gasteiger partial charge < -0.3 is 14.4 Å². The Labute approximate surface area is 170 Å². The van der Waals surface area contributed by atoms with Crippen molar-refractivity contribution in [3.8, 4) is 11.5 Å². The summed E-state index contributed by atoms with van der Waals surface area (Å²) in [5, 5.41) is 0.683. The first-order chi connectivity index (χ1) is 13.6. The Kier molecular flexibility index (Phi) is 5.74. The highest BCUT2D eigenvalue weighted by molar-refractivity contribution is 6.30. The van der Waals surface area contributed by atoms with Gasteiger partial charge in [0.15, 0.2) is 0 Å². The average molecular weight is 401 g/mol. The van der Waals surface area contributed by atoms with E-state index in [4.69, 9.17) is 21.1 Å². The van der Waals surface area contributed by atoms with Crippen molar-refractivity contribution in [2.45, 2.75) is 13.0 Å². The summed E-state index contributed by atoms with van der Waals surface area (Å²) >= 11 is 6.09. The van der Waals surface area contributed by atoms with E-state index in [0.29, 0.717) is 18.1 Å². The van der Waals surface area contributed by atoms with E-state index in [0.717, 1.165) is 49.8 Å². The van der Waals surface area contributed by atoms with Gasteiger partial charge in [0.05, 0.1) is 13.0 Å². The van der Waals surface area contributed by atoms with Gasteiger partial charge >= 0.3 is 0 Å². The minimum Gasteiger partial charge on any atom is -0.497 e. The first kappa shape index (κ1) is 19.1. The van der Waals surface area contributed by atoms with Gasteiger partial charge in [-0.1, -0.05) is 23.7 Å². The van der Waals surface area contributed by atoms with Crippen molar-refractivity contribution >= 4 is 17.5 Å². The second-order valence-corrected chi connectivity index (χ2v) is 7.85. The van der Waals surface area contributed by atoms with Crippen LogP contribution < -0.4 is 9.47 Å². The maximum atomic E-state index is 13.0. The van der Waals surface area contributed by atoms with Gasteiger partial charge in [-0.3, -0.25) is 9.69 Å². The highest BCUT2D eigenvalue weighted by Crippen LogP contribution is 2.30. The molecule has 0 bridgehead atoms. The third-order valence-corrected chi connectivity index (χ3v) is 5.76. The van der Waals surface area contributed by atoms with Crippen molar-refractivity contribution in [3.63, 3.8) is 0 Å². The van der Waals surface area contributed by atoms with Crippen LogP contribution in [0.3, 0.4) is 0 Å². The molecular weight excluding hydrogens is 376 g/mol. The minimum atomic E-state index is -0.126. The standard InChI is InChI=1S/C22H25ClN2O3/c1-27-20-5-2-16(3-6-20)14-24-8-10-25(11-9-24)22(26)18-12-17-13-19(23)4-7-21(17)28-15-18/h2-7,13,18H,8-12,14-15H2,1H3/t18-/m0/s1. The largest absolute Gasteiger partial charge is 0.497 e. The summed E-state index contributed by atoms with van der Waals surface area (Å²) < 4.78 is 11.0. The zero-order valence-electron chi connectivity index (χ0n) is 16.1. The second-order valence-electron chi connectivity index (χ2n) is 7.41. The number of carbonyl (C=O) groups excluding carboxylic acids is 1. The normalized spacial score (nSPS) is 19.6. The van der Waals surface area contributed by atoms with E-state index >= 15 is 0 Å². The van der Waals surface area contributed by atoms with E-state index in [9.17, 15) is 4.79 Å². The first-order valence-corrected chi connectivity index (χ1v) is 10.1. The molecule has 2 aliphatic heterocycles. The third-order valence-electron chi connectivity index (χ3n) is 5.53. The molecule has 1 fully saturated rings. The lowest BCUT2D eigenvalue weighted by Gasteiger charge is -2.37. The molecule has 0 aromatic heterocycles. The van der Waals surface area contributed by atoms with E-state index in [1.807, 2.05) is 35.2 Å². The fourth-order valence-corrected chi connectivity index (χ4v) is 4.09. The molecule has 2 heterocycles. The molecule has 0 saturated carbocycles. The summed E-state index contributed by atoms with van der Waals surface area (Å²) in [6, 6.07) is 13.8. The smallest absolute Gasteiger partial charge is 0.229 e. The van der Waals surface area contributed by atoms with E-state index in [-0.39, 0.29) is 11.8 Å². The van der Waals surface area contributed by atoms with E-state index in [2.05, 4.69) is 17.0 Å². The molecule has 6 heteroatoms. The van der Waals surface area contributed by atoms with E-state index < -0.39 is 0 Å². The van der Waals surface area contributed by atoms with Crippen molar-refractivity contribution in [1.29, 1.82) is 0 Å². The van der Waals surface area contributed by atoms with Crippen LogP contribution in [-0.2, 0) is 17.8 Å². The van der Waals surface area contributed by atoms with Crippen LogP contribution in [0.1, 0.15) is 11.1 Å². The molecule has 1 amide bonds. The molecule has 28 heavy (non-hydrogen) atoms. The molecule has 0 unspecified atom stereocenters. The molecule has 0 spiro atoms. The zero-order valence-corrected chi connectivity index (χ0v) is 16.8. The number of halogens is 1. The van der Waals surface area contributed by atoms with E-state index in [1.54, 1.807) is 7.11 Å². The Balaban J connectivity index is 1.30. The Morgan fingerprint density at radius 1 is 1.14 bits per heavy atom. The second kappa shape index (κ2) is 8.41. The van der Waals surface area contributed by atoms with Crippen molar-refractivity contribution in [3.05, 3.63) is 58.6 Å². The SMILES string of the molecule is COc1ccc(CN2CCN(C(=O)[C@@H]3COc4ccc(Cl)cc4C3)CC2)cc1. The van der Waals surface area contributed by atoms with Crippen molar-refractivity contribution < 1.29 is 14.3 Å². The monoisotopic (exact) mass is 400 g/mol. The fraction of sp³-hybridized carbons (Fsp3) is 0.409. The number of carbonyl (C=O) groups is 1. The topological polar surface area (TPSA) is 42.0 Å². The predicted molar refractivity (Wildman–Crippen MR) is 109 cm³/mol. The molecular formula is C22H25ClN2O3. The molecule has 5 nitrogen and oxygen atoms in total. The number of nitrogens with zero attached hydrogens (tertiary/aromatic N) is 2. The molecule has 148 valence electrons. The van der Waals surface area contributed by atoms with Crippen LogP contribution in [0.5, 0.6) is 11.5 Å². The number of ether oxygens (including phenoxy) is 2. The molecule has 0 aliphatic carbocycles. The van der Waals surface area contributed by atoms with Crippen LogP contribution in [-0.4, -0.2) is 55.6 Å². The highest BCUT2D eigenvalue weighted by atomic mass is 35.5. The van der Waals surface area contributed by atoms with Crippen LogP contribution in [0.4, 0.5) is 0 Å². The third kappa shape index (κ3) is 4.26. The molecule has 4 rings (SSSR count). The lowest BCUT2D eigenvalue weighted by Crippen LogP contribution is -2.51. The number of fused-ring (bicyclic) bond motifs is 1. The quantitative estimate of drug-likeness (QED) is 0.790. The van der Waals surface area contributed by atoms with Crippen LogP contribution in [0.15, 0.2) is 42.5 Å². The summed E-state index contributed by atoms with van der Waals surface area (Å²) in [4.78, 5) is 17.3. The number of amides is 1. The summed E-state index contributed by atoms with van der Waals surface area (Å²) in [5.74, 6) is 1.78. The lowest BCUT2D eigenvalue weighted by atomic mass is 9.95. The number of piperazine rings is 1. The summed E-state index contributed by atoms with van der Waals surface area (Å²) in [6.45, 7) is 4.62. The lowest BCUT2D eigenvalue weighted by molar-refractivity contribution is -0.138. The molecule has 2 aliphatic rings. The average Bonchev–Trinajstić information content (AvgIpc) is 2.74. The Hall–Kier alpha value is -2.24. The fourth-order valence-electron chi connectivity index (χ4n) is 3.90. The maximum absolute atomic E-state index is 13.0. The Bertz CT molecular complexity index is 832. The van der Waals surface area contributed by atoms with Gasteiger partial charge in [-0.2, -0.15) is 0 Å². The van der Waals surface area contributed by atoms with Crippen LogP contribution in [0.2, 0.25) is 5.02 Å². The van der Waals surface area contributed by atoms with Crippen LogP contribution >= 0.6 is 11.6 Å². The number of methoxy groups -OCH3 is 1. The van der Waals surface area contributed by atoms with E-state index in [1.165, 1.54) is 5.56 Å². The summed E-state index contributed by atoms with van der Waals surface area (Å²) in [7, 11) is 1.68. The number of hydrogen-bond donors (Lipinski definition) is 0. The van der Waals surface area contributed by atoms with Gasteiger partial charge in [0.25, 0.3) is 0 Å². The summed E-state index contributed by atoms with van der Waals surface area (Å²) in [5.41, 5.74) is 2.28. The predicted octanol–water partition coefficient (Wildman–Crippen LogP) is 3.24. The molecule has 2 aromatic carbocycles. The molecule has 1 saturated heterocycles. The number of benzene rings is 2. The molecule has 1 atom stereocenters. The minimum absolute atomic E-state index is 0.126. The van der Waals surface area contributed by atoms with Gasteiger partial charge in [-0.15, -0.1) is 0 Å². The van der Waals surface area contributed by atoms with Gasteiger partial charge in [0, 0.05) is 37.7 Å². The highest BCUT2D eigenvalue weighted by Gasteiger charge is 2.31. The zero-order chi connectivity index (χ0) is 19.5. The number of hydrogen-bond acceptors (Lipinski definition) is 4. The van der Waals surface area contributed by atoms with Gasteiger partial charge in [0.2, 0.25) is 5.91 Å². The molecule has 0 radical (unpaired) electrons. The van der Waals surface area contributed by atoms with Crippen molar-refractivity contribution in [1.82, 2.24) is 9.80 Å². The Morgan fingerprint density at radius 3 is 2.61 bits per heavy atom. The van der Waals surface area contributed by atoms with Crippen molar-refractivity contribution in [2.75, 3.05) is 39.9 Å². The molecule has 2 aromatic rings. The van der Waals surface area contributed by atoms with Crippen molar-refractivity contribution in [2.24, 2.45) is 5.92 Å². The van der Waals surface area contributed by atoms with Crippen LogP contribution in [0.25, 0.3) is 0 Å². The Morgan fingerprint density at radius 2 is 1.89 bits per heavy atom. The van der Waals surface area contributed by atoms with Gasteiger partial charge in [-0.05, 0) is 47.9 Å². The molecule has 0 N–H and O–H groups in total. The van der Waals surface area contributed by atoms with Gasteiger partial charge in [0.1, 0.15) is 18.1 Å². The maximum Gasteiger partial charge on any atom is 0.229 e. The first-order valence-electron chi connectivity index (χ1n) is 9.67. The summed E-state index contributed by atoms with van der Waals surface area (Å²) in [6.07, 6.45) is 0.695. The number of rotatable bonds is 4. The van der Waals surface area contributed by atoms with Gasteiger partial charge in [-0.25, -0.2) is 0 Å².